The smallest absolute Gasteiger partial charge is 0.240 e. The highest BCUT2D eigenvalue weighted by molar-refractivity contribution is 5.89. The first-order chi connectivity index (χ1) is 10.1. The Morgan fingerprint density at radius 1 is 1.27 bits per heavy atom. The summed E-state index contributed by atoms with van der Waals surface area (Å²) >= 11 is 0. The third-order valence-electron chi connectivity index (χ3n) is 4.98. The van der Waals surface area contributed by atoms with Gasteiger partial charge in [0.15, 0.2) is 0 Å². The number of hydrogen-bond donors (Lipinski definition) is 2. The lowest BCUT2D eigenvalue weighted by molar-refractivity contribution is -0.141. The molecule has 3 rings (SSSR count). The number of β-amino-alcohol motifs (C(OH)–C–C–N with tert-alkyl or cyclic N) is 1. The van der Waals surface area contributed by atoms with Crippen LogP contribution in [0.4, 0.5) is 0 Å². The van der Waals surface area contributed by atoms with Gasteiger partial charge in [-0.15, -0.1) is 12.4 Å². The van der Waals surface area contributed by atoms with Crippen LogP contribution >= 0.6 is 12.4 Å². The van der Waals surface area contributed by atoms with Gasteiger partial charge in [-0.25, -0.2) is 0 Å². The second-order valence-electron chi connectivity index (χ2n) is 6.57. The molecule has 126 valence electrons. The van der Waals surface area contributed by atoms with Crippen LogP contribution in [0.5, 0.6) is 0 Å². The summed E-state index contributed by atoms with van der Waals surface area (Å²) in [6.45, 7) is 3.38. The Hall–Kier alpha value is -0.850. The minimum Gasteiger partial charge on any atom is -0.391 e. The van der Waals surface area contributed by atoms with Gasteiger partial charge in [0.25, 0.3) is 0 Å². The highest BCUT2D eigenvalue weighted by Gasteiger charge is 2.34. The number of aliphatic hydroxyl groups is 1. The van der Waals surface area contributed by atoms with Crippen molar-refractivity contribution in [3.05, 3.63) is 0 Å². The summed E-state index contributed by atoms with van der Waals surface area (Å²) in [5, 5.41) is 12.7. The highest BCUT2D eigenvalue weighted by Crippen LogP contribution is 2.27. The number of piperazine rings is 1. The van der Waals surface area contributed by atoms with E-state index in [1.54, 1.807) is 4.90 Å². The molecule has 6 nitrogen and oxygen atoms in total. The van der Waals surface area contributed by atoms with Gasteiger partial charge < -0.3 is 20.2 Å². The summed E-state index contributed by atoms with van der Waals surface area (Å²) in [6.07, 6.45) is 4.19. The lowest BCUT2D eigenvalue weighted by Crippen LogP contribution is -2.57. The van der Waals surface area contributed by atoms with Crippen molar-refractivity contribution in [2.45, 2.75) is 44.2 Å². The van der Waals surface area contributed by atoms with Gasteiger partial charge >= 0.3 is 0 Å². The van der Waals surface area contributed by atoms with E-state index in [2.05, 4.69) is 5.32 Å². The van der Waals surface area contributed by atoms with Gasteiger partial charge in [0, 0.05) is 32.7 Å². The third-order valence-corrected chi connectivity index (χ3v) is 4.98. The zero-order chi connectivity index (χ0) is 14.8. The number of nitrogens with zero attached hydrogens (tertiary/aromatic N) is 2. The molecule has 0 radical (unpaired) electrons. The fraction of sp³-hybridized carbons (Fsp3) is 0.867. The monoisotopic (exact) mass is 331 g/mol. The molecule has 2 N–H and O–H groups in total. The van der Waals surface area contributed by atoms with Gasteiger partial charge in [-0.05, 0) is 25.2 Å². The van der Waals surface area contributed by atoms with Crippen LogP contribution in [0, 0.1) is 5.92 Å². The fourth-order valence-electron chi connectivity index (χ4n) is 3.39. The zero-order valence-electron chi connectivity index (χ0n) is 12.9. The molecule has 0 aromatic carbocycles. The van der Waals surface area contributed by atoms with E-state index in [9.17, 15) is 14.7 Å². The molecule has 0 spiro atoms. The van der Waals surface area contributed by atoms with Crippen LogP contribution in [0.2, 0.25) is 0 Å². The number of halogens is 1. The molecular weight excluding hydrogens is 306 g/mol. The van der Waals surface area contributed by atoms with Crippen molar-refractivity contribution in [3.63, 3.8) is 0 Å². The summed E-state index contributed by atoms with van der Waals surface area (Å²) in [6, 6.07) is -0.385. The topological polar surface area (TPSA) is 72.9 Å². The molecular formula is C15H26ClN3O3. The third kappa shape index (κ3) is 3.91. The first-order valence-corrected chi connectivity index (χ1v) is 8.11. The van der Waals surface area contributed by atoms with E-state index in [-0.39, 0.29) is 36.7 Å². The maximum Gasteiger partial charge on any atom is 0.240 e. The van der Waals surface area contributed by atoms with Crippen molar-refractivity contribution in [2.75, 3.05) is 32.7 Å². The number of aliphatic hydroxyl groups excluding tert-OH is 1. The van der Waals surface area contributed by atoms with E-state index >= 15 is 0 Å². The van der Waals surface area contributed by atoms with Crippen molar-refractivity contribution < 1.29 is 14.7 Å². The Balaban J connectivity index is 0.00000176. The van der Waals surface area contributed by atoms with Crippen LogP contribution in [0.15, 0.2) is 0 Å². The fourth-order valence-corrected chi connectivity index (χ4v) is 3.39. The summed E-state index contributed by atoms with van der Waals surface area (Å²) in [5.74, 6) is 0.710. The lowest BCUT2D eigenvalue weighted by Gasteiger charge is -2.38. The van der Waals surface area contributed by atoms with Gasteiger partial charge in [-0.1, -0.05) is 6.42 Å². The minimum absolute atomic E-state index is 0. The summed E-state index contributed by atoms with van der Waals surface area (Å²) < 4.78 is 0. The Morgan fingerprint density at radius 3 is 2.64 bits per heavy atom. The first kappa shape index (κ1) is 17.5. The molecule has 2 saturated heterocycles. The lowest BCUT2D eigenvalue weighted by atomic mass is 9.85. The second kappa shape index (κ2) is 7.62. The van der Waals surface area contributed by atoms with Crippen molar-refractivity contribution in [1.82, 2.24) is 15.1 Å². The Bertz CT molecular complexity index is 417. The minimum atomic E-state index is -0.404. The molecule has 22 heavy (non-hydrogen) atoms. The normalized spacial score (nSPS) is 29.2. The predicted molar refractivity (Wildman–Crippen MR) is 84.8 cm³/mol. The van der Waals surface area contributed by atoms with Gasteiger partial charge in [0.2, 0.25) is 11.8 Å². The van der Waals surface area contributed by atoms with Crippen LogP contribution in [0.1, 0.15) is 32.1 Å². The number of rotatable bonds is 4. The predicted octanol–water partition coefficient (Wildman–Crippen LogP) is -0.00800. The number of nitrogens with one attached hydrogen (secondary N) is 1. The van der Waals surface area contributed by atoms with Crippen molar-refractivity contribution >= 4 is 24.2 Å². The van der Waals surface area contributed by atoms with Gasteiger partial charge in [-0.3, -0.25) is 9.59 Å². The number of likely N-dealkylation sites (tertiary alicyclic amines) is 1. The first-order valence-electron chi connectivity index (χ1n) is 8.11. The summed E-state index contributed by atoms with van der Waals surface area (Å²) in [4.78, 5) is 28.3. The maximum atomic E-state index is 12.5. The van der Waals surface area contributed by atoms with E-state index in [1.807, 2.05) is 4.90 Å². The SMILES string of the molecule is Cl.O=C(CC1NCCN(CC2CCC2)C1=O)N1CCC(O)C1. The van der Waals surface area contributed by atoms with Crippen LogP contribution in [-0.2, 0) is 9.59 Å². The average molecular weight is 332 g/mol. The quantitative estimate of drug-likeness (QED) is 0.760. The van der Waals surface area contributed by atoms with Crippen LogP contribution in [0.3, 0.4) is 0 Å². The number of carbonyl (C=O) groups is 2. The van der Waals surface area contributed by atoms with Crippen molar-refractivity contribution in [2.24, 2.45) is 5.92 Å². The molecule has 2 aliphatic heterocycles. The number of carbonyl (C=O) groups excluding carboxylic acids is 2. The van der Waals surface area contributed by atoms with E-state index in [1.165, 1.54) is 19.3 Å². The zero-order valence-corrected chi connectivity index (χ0v) is 13.7. The van der Waals surface area contributed by atoms with Crippen molar-refractivity contribution in [1.29, 1.82) is 0 Å². The molecule has 2 amide bonds. The molecule has 0 aromatic heterocycles. The second-order valence-corrected chi connectivity index (χ2v) is 6.57. The number of amides is 2. The van der Waals surface area contributed by atoms with Crippen LogP contribution < -0.4 is 5.32 Å². The largest absolute Gasteiger partial charge is 0.391 e. The van der Waals surface area contributed by atoms with Crippen LogP contribution in [0.25, 0.3) is 0 Å². The Morgan fingerprint density at radius 2 is 2.05 bits per heavy atom. The summed E-state index contributed by atoms with van der Waals surface area (Å²) in [5.41, 5.74) is 0. The molecule has 2 heterocycles. The summed E-state index contributed by atoms with van der Waals surface area (Å²) in [7, 11) is 0. The standard InChI is InChI=1S/C15H25N3O3.ClH/c19-12-4-6-17(10-12)14(20)8-13-15(21)18(7-5-16-13)9-11-2-1-3-11;/h11-13,16,19H,1-10H2;1H. The van der Waals surface area contributed by atoms with Gasteiger partial charge in [0.1, 0.15) is 0 Å². The molecule has 2 atom stereocenters. The molecule has 1 saturated carbocycles. The average Bonchev–Trinajstić information content (AvgIpc) is 2.84. The van der Waals surface area contributed by atoms with E-state index in [4.69, 9.17) is 0 Å². The molecule has 7 heteroatoms. The molecule has 0 bridgehead atoms. The Labute approximate surface area is 137 Å². The molecule has 0 aromatic rings. The maximum absolute atomic E-state index is 12.5. The molecule has 3 aliphatic rings. The van der Waals surface area contributed by atoms with Gasteiger partial charge in [0.05, 0.1) is 18.6 Å². The molecule has 2 unspecified atom stereocenters. The van der Waals surface area contributed by atoms with E-state index < -0.39 is 6.10 Å². The van der Waals surface area contributed by atoms with E-state index in [0.29, 0.717) is 25.4 Å². The van der Waals surface area contributed by atoms with Crippen LogP contribution in [-0.4, -0.2) is 71.6 Å². The van der Waals surface area contributed by atoms with Gasteiger partial charge in [-0.2, -0.15) is 0 Å². The highest BCUT2D eigenvalue weighted by atomic mass is 35.5. The Kier molecular flexibility index (Phi) is 6.06. The number of hydrogen-bond acceptors (Lipinski definition) is 4. The molecule has 3 fully saturated rings. The van der Waals surface area contributed by atoms with Crippen molar-refractivity contribution in [3.8, 4) is 0 Å². The molecule has 1 aliphatic carbocycles. The van der Waals surface area contributed by atoms with E-state index in [0.717, 1.165) is 19.6 Å².